The van der Waals surface area contributed by atoms with Gasteiger partial charge in [0.15, 0.2) is 0 Å². The van der Waals surface area contributed by atoms with Crippen LogP contribution in [0.5, 0.6) is 0 Å². The van der Waals surface area contributed by atoms with Crippen LogP contribution in [0.2, 0.25) is 0 Å². The average Bonchev–Trinajstić information content (AvgIpc) is 3.20. The van der Waals surface area contributed by atoms with E-state index in [-0.39, 0.29) is 59.1 Å². The van der Waals surface area contributed by atoms with Crippen LogP contribution < -0.4 is 0 Å². The van der Waals surface area contributed by atoms with Crippen LogP contribution >= 0.6 is 0 Å². The van der Waals surface area contributed by atoms with E-state index in [2.05, 4.69) is 0 Å². The normalized spacial score (nSPS) is 15.6. The van der Waals surface area contributed by atoms with Crippen LogP contribution in [0.1, 0.15) is 19.1 Å². The summed E-state index contributed by atoms with van der Waals surface area (Å²) in [7, 11) is 0. The summed E-state index contributed by atoms with van der Waals surface area (Å²) < 4.78 is 5.69. The molecule has 9 heteroatoms. The molecular weight excluding hydrogens is 390 g/mol. The highest BCUT2D eigenvalue weighted by Gasteiger charge is 2.35. The molecule has 1 aromatic heterocycles. The van der Waals surface area contributed by atoms with Crippen molar-refractivity contribution in [2.75, 3.05) is 13.2 Å². The summed E-state index contributed by atoms with van der Waals surface area (Å²) >= 11 is 0. The number of furan rings is 1. The molecule has 1 aliphatic heterocycles. The minimum atomic E-state index is -0.703. The van der Waals surface area contributed by atoms with Crippen molar-refractivity contribution in [1.29, 1.82) is 5.26 Å². The van der Waals surface area contributed by atoms with Crippen LogP contribution in [0.4, 0.5) is 5.69 Å². The Hall–Kier alpha value is -4.03. The van der Waals surface area contributed by atoms with E-state index in [0.29, 0.717) is 0 Å². The zero-order chi connectivity index (χ0) is 21.8. The number of nitrogens with zero attached hydrogens (tertiary/aromatic N) is 3. The molecule has 0 unspecified atom stereocenters. The molecule has 1 aliphatic rings. The molecule has 0 radical (unpaired) electrons. The van der Waals surface area contributed by atoms with Crippen LogP contribution in [-0.4, -0.2) is 39.9 Å². The number of para-hydroxylation sites is 1. The maximum atomic E-state index is 12.8. The number of nitro groups is 1. The second-order valence-electron chi connectivity index (χ2n) is 6.49. The standard InChI is InChI=1S/C21H17N3O6/c1-13-16(20(26)23(9-4-10-25)21(27)17(13)12-22)11-14-7-8-19(30-14)15-5-2-3-6-18(15)24(28)29/h2-3,5-8,11,25H,4,9-10H2,1H3/b16-11+. The molecule has 2 aromatic rings. The van der Waals surface area contributed by atoms with E-state index in [1.165, 1.54) is 19.1 Å². The smallest absolute Gasteiger partial charge is 0.280 e. The van der Waals surface area contributed by atoms with Gasteiger partial charge in [-0.2, -0.15) is 5.26 Å². The van der Waals surface area contributed by atoms with Gasteiger partial charge in [-0.25, -0.2) is 0 Å². The summed E-state index contributed by atoms with van der Waals surface area (Å²) in [5.41, 5.74) is 0.323. The molecule has 2 heterocycles. The minimum absolute atomic E-state index is 0.0242. The van der Waals surface area contributed by atoms with Crippen molar-refractivity contribution >= 4 is 23.6 Å². The molecule has 0 atom stereocenters. The van der Waals surface area contributed by atoms with E-state index in [1.54, 1.807) is 30.3 Å². The van der Waals surface area contributed by atoms with Crippen molar-refractivity contribution < 1.29 is 24.0 Å². The van der Waals surface area contributed by atoms with E-state index in [4.69, 9.17) is 9.52 Å². The molecular formula is C21H17N3O6. The molecule has 0 saturated carbocycles. The lowest BCUT2D eigenvalue weighted by molar-refractivity contribution is -0.384. The van der Waals surface area contributed by atoms with Gasteiger partial charge < -0.3 is 9.52 Å². The third kappa shape index (κ3) is 3.76. The molecule has 152 valence electrons. The molecule has 0 fully saturated rings. The lowest BCUT2D eigenvalue weighted by Gasteiger charge is -2.27. The molecule has 0 spiro atoms. The summed E-state index contributed by atoms with van der Waals surface area (Å²) in [5.74, 6) is -0.827. The predicted octanol–water partition coefficient (Wildman–Crippen LogP) is 2.83. The van der Waals surface area contributed by atoms with Crippen molar-refractivity contribution in [2.45, 2.75) is 13.3 Å². The first-order valence-electron chi connectivity index (χ1n) is 9.02. The van der Waals surface area contributed by atoms with E-state index in [9.17, 15) is 25.0 Å². The molecule has 9 nitrogen and oxygen atoms in total. The summed E-state index contributed by atoms with van der Waals surface area (Å²) in [6.07, 6.45) is 1.58. The van der Waals surface area contributed by atoms with Crippen LogP contribution in [-0.2, 0) is 9.59 Å². The Kier molecular flexibility index (Phi) is 5.90. The molecule has 2 amide bonds. The largest absolute Gasteiger partial charge is 0.456 e. The van der Waals surface area contributed by atoms with E-state index < -0.39 is 16.7 Å². The third-order valence-electron chi connectivity index (χ3n) is 4.64. The number of amides is 2. The molecule has 1 N–H and O–H groups in total. The molecule has 0 aliphatic carbocycles. The highest BCUT2D eigenvalue weighted by molar-refractivity contribution is 6.19. The molecule has 1 aromatic carbocycles. The van der Waals surface area contributed by atoms with Gasteiger partial charge in [0.05, 0.1) is 10.5 Å². The quantitative estimate of drug-likeness (QED) is 0.336. The SMILES string of the molecule is CC1=C(C#N)C(=O)N(CCCO)C(=O)/C1=C/c1ccc(-c2ccccc2[N+](=O)[O-])o1. The van der Waals surface area contributed by atoms with Gasteiger partial charge in [-0.3, -0.25) is 24.6 Å². The fraction of sp³-hybridized carbons (Fsp3) is 0.190. The number of carbonyl (C=O) groups is 2. The lowest BCUT2D eigenvalue weighted by atomic mass is 9.94. The number of hydrogen-bond donors (Lipinski definition) is 1. The highest BCUT2D eigenvalue weighted by atomic mass is 16.6. The maximum absolute atomic E-state index is 12.8. The number of nitro benzene ring substituents is 1. The number of hydrogen-bond acceptors (Lipinski definition) is 7. The Bertz CT molecular complexity index is 1140. The average molecular weight is 407 g/mol. The minimum Gasteiger partial charge on any atom is -0.456 e. The fourth-order valence-electron chi connectivity index (χ4n) is 3.12. The van der Waals surface area contributed by atoms with Crippen LogP contribution in [0.15, 0.2) is 57.5 Å². The number of imide groups is 1. The van der Waals surface area contributed by atoms with Gasteiger partial charge in [-0.05, 0) is 43.2 Å². The van der Waals surface area contributed by atoms with Gasteiger partial charge in [0.25, 0.3) is 17.5 Å². The molecule has 0 saturated heterocycles. The lowest BCUT2D eigenvalue weighted by Crippen LogP contribution is -2.43. The number of aliphatic hydroxyl groups is 1. The Morgan fingerprint density at radius 1 is 1.23 bits per heavy atom. The zero-order valence-corrected chi connectivity index (χ0v) is 16.0. The second kappa shape index (κ2) is 8.55. The number of aliphatic hydroxyl groups excluding tert-OH is 1. The summed E-state index contributed by atoms with van der Waals surface area (Å²) in [6.45, 7) is 1.26. The Morgan fingerprint density at radius 2 is 1.97 bits per heavy atom. The third-order valence-corrected chi connectivity index (χ3v) is 4.64. The summed E-state index contributed by atoms with van der Waals surface area (Å²) in [4.78, 5) is 36.9. The number of carbonyl (C=O) groups excluding carboxylic acids is 2. The first-order chi connectivity index (χ1) is 14.4. The summed E-state index contributed by atoms with van der Waals surface area (Å²) in [6, 6.07) is 11.0. The van der Waals surface area contributed by atoms with Gasteiger partial charge in [0, 0.05) is 24.8 Å². The Labute approximate surface area is 171 Å². The monoisotopic (exact) mass is 407 g/mol. The van der Waals surface area contributed by atoms with Crippen molar-refractivity contribution in [2.24, 2.45) is 0 Å². The van der Waals surface area contributed by atoms with Crippen molar-refractivity contribution in [3.05, 3.63) is 69.0 Å². The van der Waals surface area contributed by atoms with Crippen molar-refractivity contribution in [1.82, 2.24) is 4.90 Å². The molecule has 0 bridgehead atoms. The molecule has 30 heavy (non-hydrogen) atoms. The van der Waals surface area contributed by atoms with E-state index in [0.717, 1.165) is 4.90 Å². The van der Waals surface area contributed by atoms with Gasteiger partial charge in [-0.1, -0.05) is 12.1 Å². The van der Waals surface area contributed by atoms with Crippen LogP contribution in [0, 0.1) is 21.4 Å². The number of nitriles is 1. The number of benzene rings is 1. The Morgan fingerprint density at radius 3 is 2.63 bits per heavy atom. The molecule has 3 rings (SSSR count). The first kappa shape index (κ1) is 20.7. The van der Waals surface area contributed by atoms with Gasteiger partial charge in [-0.15, -0.1) is 0 Å². The number of rotatable bonds is 6. The van der Waals surface area contributed by atoms with Crippen molar-refractivity contribution in [3.63, 3.8) is 0 Å². The summed E-state index contributed by atoms with van der Waals surface area (Å²) in [5, 5.41) is 29.6. The van der Waals surface area contributed by atoms with Crippen molar-refractivity contribution in [3.8, 4) is 17.4 Å². The second-order valence-corrected chi connectivity index (χ2v) is 6.49. The zero-order valence-electron chi connectivity index (χ0n) is 16.0. The predicted molar refractivity (Wildman–Crippen MR) is 106 cm³/mol. The maximum Gasteiger partial charge on any atom is 0.280 e. The van der Waals surface area contributed by atoms with Gasteiger partial charge in [0.1, 0.15) is 23.2 Å². The Balaban J connectivity index is 2.03. The van der Waals surface area contributed by atoms with E-state index in [1.807, 2.05) is 6.07 Å². The fourth-order valence-corrected chi connectivity index (χ4v) is 3.12. The first-order valence-corrected chi connectivity index (χ1v) is 9.02. The van der Waals surface area contributed by atoms with E-state index >= 15 is 0 Å². The van der Waals surface area contributed by atoms with Gasteiger partial charge >= 0.3 is 0 Å². The van der Waals surface area contributed by atoms with Crippen LogP contribution in [0.25, 0.3) is 17.4 Å². The topological polar surface area (TPSA) is 138 Å². The van der Waals surface area contributed by atoms with Gasteiger partial charge in [0.2, 0.25) is 0 Å². The van der Waals surface area contributed by atoms with Crippen LogP contribution in [0.3, 0.4) is 0 Å². The highest BCUT2D eigenvalue weighted by Crippen LogP contribution is 2.33.